The van der Waals surface area contributed by atoms with Crippen LogP contribution < -0.4 is 0 Å². The molecule has 0 atom stereocenters. The van der Waals surface area contributed by atoms with Crippen molar-refractivity contribution in [1.82, 2.24) is 0 Å². The van der Waals surface area contributed by atoms with Gasteiger partial charge in [-0.1, -0.05) is 90.4 Å². The molecule has 0 aliphatic heterocycles. The molecule has 0 aromatic rings. The highest BCUT2D eigenvalue weighted by molar-refractivity contribution is 5.94. The number of allylic oxidation sites excluding steroid dienone is 1. The summed E-state index contributed by atoms with van der Waals surface area (Å²) in [5, 5.41) is 0. The summed E-state index contributed by atoms with van der Waals surface area (Å²) in [6.45, 7) is 3.66. The lowest BCUT2D eigenvalue weighted by Crippen LogP contribution is -2.04. The molecule has 0 aliphatic carbocycles. The van der Waals surface area contributed by atoms with Crippen LogP contribution in [-0.4, -0.2) is 29.1 Å². The van der Waals surface area contributed by atoms with Crippen LogP contribution in [0.2, 0.25) is 0 Å². The first-order valence-corrected chi connectivity index (χ1v) is 10.5. The largest absolute Gasteiger partial charge is 0.435 e. The van der Waals surface area contributed by atoms with E-state index >= 15 is 0 Å². The second-order valence-electron chi connectivity index (χ2n) is 7.13. The standard InChI is InChI=1S/C22H40O3.Al/c1-3-4-5-6-7-8-9-10-11-12-13-14-15-16-17-18-19-25-22(24)20-21(2)23;/h18-19H,3-17,20H2,1-2H3;. The molecule has 0 aliphatic rings. The number of carbonyl (C=O) groups excluding carboxylic acids is 2. The molecule has 0 heterocycles. The lowest BCUT2D eigenvalue weighted by Gasteiger charge is -2.02. The SMILES string of the molecule is CCCCCCCCCCCCCCCCC=COC(=O)CC(C)=O.[Al]. The van der Waals surface area contributed by atoms with Gasteiger partial charge in [0, 0.05) is 17.4 Å². The molecule has 0 rings (SSSR count). The summed E-state index contributed by atoms with van der Waals surface area (Å²) in [6, 6.07) is 0. The number of rotatable bonds is 18. The molecule has 0 unspecified atom stereocenters. The van der Waals surface area contributed by atoms with Crippen molar-refractivity contribution < 1.29 is 14.3 Å². The first kappa shape index (κ1) is 27.6. The van der Waals surface area contributed by atoms with E-state index in [9.17, 15) is 9.59 Å². The minimum absolute atomic E-state index is 0. The van der Waals surface area contributed by atoms with Crippen molar-refractivity contribution in [1.29, 1.82) is 0 Å². The Morgan fingerprint density at radius 1 is 0.731 bits per heavy atom. The molecule has 0 saturated heterocycles. The van der Waals surface area contributed by atoms with E-state index in [0.29, 0.717) is 0 Å². The molecule has 0 amide bonds. The van der Waals surface area contributed by atoms with Crippen molar-refractivity contribution >= 4 is 29.1 Å². The van der Waals surface area contributed by atoms with Crippen LogP contribution in [0.4, 0.5) is 0 Å². The van der Waals surface area contributed by atoms with Crippen LogP contribution in [0.5, 0.6) is 0 Å². The fourth-order valence-corrected chi connectivity index (χ4v) is 2.89. The van der Waals surface area contributed by atoms with Gasteiger partial charge in [0.05, 0.1) is 6.26 Å². The van der Waals surface area contributed by atoms with Gasteiger partial charge in [0.15, 0.2) is 0 Å². The van der Waals surface area contributed by atoms with Crippen LogP contribution >= 0.6 is 0 Å². The van der Waals surface area contributed by atoms with Crippen molar-refractivity contribution in [2.45, 2.75) is 117 Å². The zero-order valence-electron chi connectivity index (χ0n) is 17.3. The van der Waals surface area contributed by atoms with Gasteiger partial charge in [-0.15, -0.1) is 0 Å². The Kier molecular flexibility index (Phi) is 23.9. The van der Waals surface area contributed by atoms with Gasteiger partial charge in [-0.05, 0) is 25.8 Å². The summed E-state index contributed by atoms with van der Waals surface area (Å²) in [5.41, 5.74) is 0. The highest BCUT2D eigenvalue weighted by Gasteiger charge is 2.03. The molecular formula is C22H40AlO3. The van der Waals surface area contributed by atoms with Crippen LogP contribution in [-0.2, 0) is 14.3 Å². The summed E-state index contributed by atoms with van der Waals surface area (Å²) in [5.74, 6) is -0.630. The highest BCUT2D eigenvalue weighted by atomic mass is 27.0. The molecule has 0 aromatic carbocycles. The van der Waals surface area contributed by atoms with Crippen LogP contribution in [0.25, 0.3) is 0 Å². The summed E-state index contributed by atoms with van der Waals surface area (Å²) < 4.78 is 4.83. The van der Waals surface area contributed by atoms with E-state index in [1.807, 2.05) is 6.08 Å². The van der Waals surface area contributed by atoms with Crippen molar-refractivity contribution in [2.75, 3.05) is 0 Å². The summed E-state index contributed by atoms with van der Waals surface area (Å²) in [7, 11) is 0. The fraction of sp³-hybridized carbons (Fsp3) is 0.818. The lowest BCUT2D eigenvalue weighted by molar-refractivity contribution is -0.140. The number of unbranched alkanes of at least 4 members (excludes halogenated alkanes) is 14. The predicted molar refractivity (Wildman–Crippen MR) is 111 cm³/mol. The number of hydrogen-bond donors (Lipinski definition) is 0. The Morgan fingerprint density at radius 2 is 1.15 bits per heavy atom. The number of ether oxygens (including phenoxy) is 1. The van der Waals surface area contributed by atoms with Crippen molar-refractivity contribution in [2.24, 2.45) is 0 Å². The number of hydrogen-bond acceptors (Lipinski definition) is 3. The van der Waals surface area contributed by atoms with Crippen molar-refractivity contribution in [3.8, 4) is 0 Å². The van der Waals surface area contributed by atoms with Crippen LogP contribution in [0.1, 0.15) is 117 Å². The van der Waals surface area contributed by atoms with E-state index in [4.69, 9.17) is 4.74 Å². The topological polar surface area (TPSA) is 43.4 Å². The van der Waals surface area contributed by atoms with E-state index in [1.54, 1.807) is 0 Å². The van der Waals surface area contributed by atoms with Crippen LogP contribution in [0, 0.1) is 0 Å². The Bertz CT molecular complexity index is 353. The highest BCUT2D eigenvalue weighted by Crippen LogP contribution is 2.13. The third-order valence-electron chi connectivity index (χ3n) is 4.41. The Labute approximate surface area is 172 Å². The molecule has 0 fully saturated rings. The molecule has 4 heteroatoms. The normalized spacial score (nSPS) is 10.7. The third-order valence-corrected chi connectivity index (χ3v) is 4.41. The van der Waals surface area contributed by atoms with Gasteiger partial charge in [0.1, 0.15) is 12.2 Å². The average Bonchev–Trinajstić information content (AvgIpc) is 2.57. The molecule has 3 nitrogen and oxygen atoms in total. The van der Waals surface area contributed by atoms with E-state index in [-0.39, 0.29) is 29.6 Å². The van der Waals surface area contributed by atoms with Gasteiger partial charge in [-0.25, -0.2) is 0 Å². The summed E-state index contributed by atoms with van der Waals surface area (Å²) in [4.78, 5) is 21.8. The lowest BCUT2D eigenvalue weighted by atomic mass is 10.0. The average molecular weight is 380 g/mol. The minimum atomic E-state index is -0.468. The van der Waals surface area contributed by atoms with Gasteiger partial charge in [0.2, 0.25) is 0 Å². The number of ketones is 1. The van der Waals surface area contributed by atoms with Crippen LogP contribution in [0.15, 0.2) is 12.3 Å². The fourth-order valence-electron chi connectivity index (χ4n) is 2.89. The van der Waals surface area contributed by atoms with Gasteiger partial charge >= 0.3 is 5.97 Å². The quantitative estimate of drug-likeness (QED) is 0.0896. The Hall–Kier alpha value is -0.588. The first-order chi connectivity index (χ1) is 12.2. The number of Topliss-reactive ketones (excluding diaryl/α,β-unsaturated/α-hetero) is 1. The molecule has 0 aromatic heterocycles. The summed E-state index contributed by atoms with van der Waals surface area (Å²) in [6.07, 6.45) is 23.1. The Morgan fingerprint density at radius 3 is 1.58 bits per heavy atom. The Balaban J connectivity index is 0. The maximum Gasteiger partial charge on any atom is 0.318 e. The first-order valence-electron chi connectivity index (χ1n) is 10.5. The van der Waals surface area contributed by atoms with Crippen LogP contribution in [0.3, 0.4) is 0 Å². The zero-order chi connectivity index (χ0) is 18.6. The third kappa shape index (κ3) is 23.4. The molecule has 0 saturated carbocycles. The summed E-state index contributed by atoms with van der Waals surface area (Å²) >= 11 is 0. The van der Waals surface area contributed by atoms with E-state index in [1.165, 1.54) is 96.7 Å². The molecule has 3 radical (unpaired) electrons. The van der Waals surface area contributed by atoms with Gasteiger partial charge < -0.3 is 4.74 Å². The molecule has 0 bridgehead atoms. The maximum atomic E-state index is 11.1. The monoisotopic (exact) mass is 379 g/mol. The molecule has 0 N–H and O–H groups in total. The minimum Gasteiger partial charge on any atom is -0.435 e. The maximum absolute atomic E-state index is 11.1. The van der Waals surface area contributed by atoms with Gasteiger partial charge in [0.25, 0.3) is 0 Å². The second kappa shape index (κ2) is 22.5. The zero-order valence-corrected chi connectivity index (χ0v) is 18.4. The molecular weight excluding hydrogens is 339 g/mol. The van der Waals surface area contributed by atoms with Crippen molar-refractivity contribution in [3.05, 3.63) is 12.3 Å². The van der Waals surface area contributed by atoms with Gasteiger partial charge in [-0.3, -0.25) is 9.59 Å². The number of carbonyl (C=O) groups is 2. The smallest absolute Gasteiger partial charge is 0.318 e. The van der Waals surface area contributed by atoms with Gasteiger partial charge in [-0.2, -0.15) is 0 Å². The molecule has 26 heavy (non-hydrogen) atoms. The van der Waals surface area contributed by atoms with Crippen molar-refractivity contribution in [3.63, 3.8) is 0 Å². The second-order valence-corrected chi connectivity index (χ2v) is 7.13. The van der Waals surface area contributed by atoms with E-state index in [0.717, 1.165) is 12.8 Å². The number of esters is 1. The van der Waals surface area contributed by atoms with E-state index in [2.05, 4.69) is 6.92 Å². The molecule has 149 valence electrons. The predicted octanol–water partition coefficient (Wildman–Crippen LogP) is 6.51. The van der Waals surface area contributed by atoms with E-state index < -0.39 is 5.97 Å². The molecule has 0 spiro atoms.